The molecule has 4 N–H and O–H groups in total. The van der Waals surface area contributed by atoms with Crippen LogP contribution in [-0.2, 0) is 25.7 Å². The minimum atomic E-state index is -0.873. The van der Waals surface area contributed by atoms with Gasteiger partial charge in [-0.25, -0.2) is 0 Å². The summed E-state index contributed by atoms with van der Waals surface area (Å²) in [6, 6.07) is 4.21. The molecule has 2 atom stereocenters. The van der Waals surface area contributed by atoms with Crippen molar-refractivity contribution in [1.29, 1.82) is 0 Å². The summed E-state index contributed by atoms with van der Waals surface area (Å²) in [5, 5.41) is 31.9. The first-order valence-corrected chi connectivity index (χ1v) is 8.71. The summed E-state index contributed by atoms with van der Waals surface area (Å²) in [6.07, 6.45) is -0.834. The first-order chi connectivity index (χ1) is 12.5. The lowest BCUT2D eigenvalue weighted by atomic mass is 9.98. The van der Waals surface area contributed by atoms with Gasteiger partial charge in [-0.15, -0.1) is 0 Å². The monoisotopic (exact) mass is 383 g/mol. The van der Waals surface area contributed by atoms with Crippen molar-refractivity contribution in [3.05, 3.63) is 29.3 Å². The Morgan fingerprint density at radius 1 is 1.22 bits per heavy atom. The minimum absolute atomic E-state index is 0.0373. The molecule has 27 heavy (non-hydrogen) atoms. The standard InChI is InChI=1S/C19H29NO7/c1-12(7-17(24)26-11-27-18(25)19(2,3)4)20-9-16(23)13-5-6-15(22)14(8-13)10-21/h5-6,8,12,16,20-23H,7,9-11H2,1-4H3. The van der Waals surface area contributed by atoms with Gasteiger partial charge in [0, 0.05) is 18.2 Å². The van der Waals surface area contributed by atoms with Crippen LogP contribution < -0.4 is 5.32 Å². The van der Waals surface area contributed by atoms with Crippen LogP contribution in [0.4, 0.5) is 0 Å². The molecule has 2 unspecified atom stereocenters. The lowest BCUT2D eigenvalue weighted by Gasteiger charge is -2.18. The molecule has 1 aromatic carbocycles. The molecule has 0 aromatic heterocycles. The van der Waals surface area contributed by atoms with Crippen LogP contribution in [0.15, 0.2) is 18.2 Å². The Kier molecular flexibility index (Phi) is 8.68. The maximum Gasteiger partial charge on any atom is 0.314 e. The number of carbonyl (C=O) groups is 2. The summed E-state index contributed by atoms with van der Waals surface area (Å²) in [6.45, 7) is 6.27. The largest absolute Gasteiger partial charge is 0.508 e. The van der Waals surface area contributed by atoms with E-state index in [1.54, 1.807) is 33.8 Å². The third kappa shape index (κ3) is 7.94. The highest BCUT2D eigenvalue weighted by molar-refractivity contribution is 5.75. The number of hydrogen-bond acceptors (Lipinski definition) is 8. The van der Waals surface area contributed by atoms with Crippen LogP contribution in [-0.4, -0.2) is 46.6 Å². The predicted molar refractivity (Wildman–Crippen MR) is 97.6 cm³/mol. The fraction of sp³-hybridized carbons (Fsp3) is 0.579. The molecule has 1 rings (SSSR count). The van der Waals surface area contributed by atoms with E-state index in [1.807, 2.05) is 0 Å². The van der Waals surface area contributed by atoms with E-state index in [-0.39, 0.29) is 31.4 Å². The summed E-state index contributed by atoms with van der Waals surface area (Å²) in [5.74, 6) is -1.02. The van der Waals surface area contributed by atoms with Crippen molar-refractivity contribution in [2.24, 2.45) is 5.41 Å². The van der Waals surface area contributed by atoms with Crippen molar-refractivity contribution in [2.45, 2.75) is 52.9 Å². The van der Waals surface area contributed by atoms with Gasteiger partial charge >= 0.3 is 11.9 Å². The van der Waals surface area contributed by atoms with Gasteiger partial charge in [0.1, 0.15) is 5.75 Å². The average molecular weight is 383 g/mol. The molecule has 0 fully saturated rings. The van der Waals surface area contributed by atoms with E-state index in [0.717, 1.165) is 0 Å². The van der Waals surface area contributed by atoms with Crippen molar-refractivity contribution in [3.63, 3.8) is 0 Å². The van der Waals surface area contributed by atoms with E-state index in [1.165, 1.54) is 12.1 Å². The molecule has 152 valence electrons. The van der Waals surface area contributed by atoms with Crippen LogP contribution in [0, 0.1) is 5.41 Å². The van der Waals surface area contributed by atoms with E-state index < -0.39 is 30.3 Å². The normalized spacial score (nSPS) is 13.7. The Hall–Kier alpha value is -2.16. The van der Waals surface area contributed by atoms with Gasteiger partial charge in [0.15, 0.2) is 0 Å². The van der Waals surface area contributed by atoms with Gasteiger partial charge in [0.05, 0.1) is 24.5 Å². The Morgan fingerprint density at radius 2 is 1.89 bits per heavy atom. The molecule has 1 aromatic rings. The lowest BCUT2D eigenvalue weighted by molar-refractivity contribution is -0.173. The zero-order valence-electron chi connectivity index (χ0n) is 16.2. The topological polar surface area (TPSA) is 125 Å². The number of aliphatic hydroxyl groups excluding tert-OH is 2. The van der Waals surface area contributed by atoms with Gasteiger partial charge in [-0.05, 0) is 45.4 Å². The first kappa shape index (κ1) is 22.9. The van der Waals surface area contributed by atoms with E-state index in [2.05, 4.69) is 5.32 Å². The minimum Gasteiger partial charge on any atom is -0.508 e. The van der Waals surface area contributed by atoms with Crippen LogP contribution in [0.5, 0.6) is 5.75 Å². The van der Waals surface area contributed by atoms with Gasteiger partial charge in [0.2, 0.25) is 6.79 Å². The molecule has 0 bridgehead atoms. The summed E-state index contributed by atoms with van der Waals surface area (Å²) in [5.41, 5.74) is 0.197. The lowest BCUT2D eigenvalue weighted by Crippen LogP contribution is -2.33. The van der Waals surface area contributed by atoms with Gasteiger partial charge in [-0.2, -0.15) is 0 Å². The SMILES string of the molecule is CC(CC(=O)OCOC(=O)C(C)(C)C)NCC(O)c1ccc(O)c(CO)c1. The molecule has 0 aliphatic carbocycles. The second-order valence-corrected chi connectivity index (χ2v) is 7.39. The average Bonchev–Trinajstić information content (AvgIpc) is 2.59. The van der Waals surface area contributed by atoms with E-state index in [0.29, 0.717) is 11.1 Å². The molecule has 0 aliphatic rings. The highest BCUT2D eigenvalue weighted by Gasteiger charge is 2.23. The summed E-state index contributed by atoms with van der Waals surface area (Å²) in [7, 11) is 0. The molecule has 8 heteroatoms. The van der Waals surface area contributed by atoms with Crippen LogP contribution in [0.2, 0.25) is 0 Å². The zero-order valence-corrected chi connectivity index (χ0v) is 16.2. The first-order valence-electron chi connectivity index (χ1n) is 8.71. The molecule has 0 saturated carbocycles. The van der Waals surface area contributed by atoms with Crippen molar-refractivity contribution in [2.75, 3.05) is 13.3 Å². The van der Waals surface area contributed by atoms with Gasteiger partial charge in [-0.1, -0.05) is 6.07 Å². The quantitative estimate of drug-likeness (QED) is 0.372. The van der Waals surface area contributed by atoms with Crippen molar-refractivity contribution >= 4 is 11.9 Å². The molecular weight excluding hydrogens is 354 g/mol. The van der Waals surface area contributed by atoms with Crippen LogP contribution in [0.25, 0.3) is 0 Å². The highest BCUT2D eigenvalue weighted by Crippen LogP contribution is 2.22. The fourth-order valence-electron chi connectivity index (χ4n) is 2.12. The molecule has 0 heterocycles. The van der Waals surface area contributed by atoms with E-state index >= 15 is 0 Å². The maximum absolute atomic E-state index is 11.7. The van der Waals surface area contributed by atoms with Crippen molar-refractivity contribution in [1.82, 2.24) is 5.32 Å². The molecule has 0 aliphatic heterocycles. The van der Waals surface area contributed by atoms with Gasteiger partial charge < -0.3 is 30.1 Å². The highest BCUT2D eigenvalue weighted by atomic mass is 16.7. The Bertz CT molecular complexity index is 639. The Balaban J connectivity index is 2.36. The number of aromatic hydroxyl groups is 1. The van der Waals surface area contributed by atoms with E-state index in [4.69, 9.17) is 14.6 Å². The number of ether oxygens (including phenoxy) is 2. The zero-order chi connectivity index (χ0) is 20.6. The molecule has 0 amide bonds. The van der Waals surface area contributed by atoms with Crippen molar-refractivity contribution in [3.8, 4) is 5.75 Å². The molecule has 0 spiro atoms. The maximum atomic E-state index is 11.7. The third-order valence-corrected chi connectivity index (χ3v) is 3.81. The summed E-state index contributed by atoms with van der Waals surface area (Å²) < 4.78 is 9.74. The molecule has 8 nitrogen and oxygen atoms in total. The molecular formula is C19H29NO7. The van der Waals surface area contributed by atoms with Gasteiger partial charge in [-0.3, -0.25) is 9.59 Å². The number of hydrogen-bond donors (Lipinski definition) is 4. The number of esters is 2. The van der Waals surface area contributed by atoms with E-state index in [9.17, 15) is 19.8 Å². The Morgan fingerprint density at radius 3 is 2.48 bits per heavy atom. The van der Waals surface area contributed by atoms with Crippen LogP contribution in [0.3, 0.4) is 0 Å². The number of aliphatic hydroxyl groups is 2. The Labute approximate surface area is 159 Å². The van der Waals surface area contributed by atoms with Crippen LogP contribution >= 0.6 is 0 Å². The second-order valence-electron chi connectivity index (χ2n) is 7.39. The van der Waals surface area contributed by atoms with Crippen molar-refractivity contribution < 1.29 is 34.4 Å². The fourth-order valence-corrected chi connectivity index (χ4v) is 2.12. The van der Waals surface area contributed by atoms with Crippen LogP contribution in [0.1, 0.15) is 51.3 Å². The second kappa shape index (κ2) is 10.2. The number of carbonyl (C=O) groups excluding carboxylic acids is 2. The number of rotatable bonds is 9. The molecule has 0 radical (unpaired) electrons. The number of benzene rings is 1. The third-order valence-electron chi connectivity index (χ3n) is 3.81. The smallest absolute Gasteiger partial charge is 0.314 e. The summed E-state index contributed by atoms with van der Waals surface area (Å²) in [4.78, 5) is 23.3. The number of phenols is 1. The number of nitrogens with one attached hydrogen (secondary N) is 1. The summed E-state index contributed by atoms with van der Waals surface area (Å²) >= 11 is 0. The van der Waals surface area contributed by atoms with Gasteiger partial charge in [0.25, 0.3) is 0 Å². The predicted octanol–water partition coefficient (Wildman–Crippen LogP) is 1.38. The molecule has 0 saturated heterocycles.